The van der Waals surface area contributed by atoms with Crippen LogP contribution < -0.4 is 16.0 Å². The van der Waals surface area contributed by atoms with Crippen LogP contribution >= 0.6 is 11.6 Å². The lowest BCUT2D eigenvalue weighted by molar-refractivity contribution is -0.136. The number of allylic oxidation sites excluding steroid dienone is 1. The average molecular weight is 471 g/mol. The van der Waals surface area contributed by atoms with E-state index >= 15 is 0 Å². The third-order valence-electron chi connectivity index (χ3n) is 5.36. The second-order valence-electron chi connectivity index (χ2n) is 7.69. The van der Waals surface area contributed by atoms with Gasteiger partial charge in [-0.05, 0) is 55.7 Å². The number of urea groups is 2. The van der Waals surface area contributed by atoms with Gasteiger partial charge in [0.25, 0.3) is 0 Å². The zero-order chi connectivity index (χ0) is 24.1. The quantitative estimate of drug-likeness (QED) is 0.504. The van der Waals surface area contributed by atoms with Crippen molar-refractivity contribution >= 4 is 41.0 Å². The molecule has 33 heavy (non-hydrogen) atoms. The van der Waals surface area contributed by atoms with Gasteiger partial charge in [0, 0.05) is 28.6 Å². The molecule has 0 bridgehead atoms. The van der Waals surface area contributed by atoms with E-state index in [0.717, 1.165) is 12.0 Å². The van der Waals surface area contributed by atoms with Crippen LogP contribution in [0.25, 0.3) is 0 Å². The Balaban J connectivity index is 1.85. The number of hydrogen-bond donors (Lipinski definition) is 3. The van der Waals surface area contributed by atoms with Crippen molar-refractivity contribution in [3.8, 4) is 0 Å². The number of nitrogens with one attached hydrogen (secondary N) is 3. The smallest absolute Gasteiger partial charge is 0.337 e. The van der Waals surface area contributed by atoms with Crippen LogP contribution in [0.4, 0.5) is 21.0 Å². The van der Waals surface area contributed by atoms with Crippen molar-refractivity contribution in [3.63, 3.8) is 0 Å². The molecule has 9 heteroatoms. The van der Waals surface area contributed by atoms with Gasteiger partial charge < -0.3 is 20.7 Å². The van der Waals surface area contributed by atoms with E-state index in [1.807, 2.05) is 19.9 Å². The molecule has 8 nitrogen and oxygen atoms in total. The number of aryl methyl sites for hydroxylation is 1. The first-order valence-corrected chi connectivity index (χ1v) is 10.9. The molecule has 1 atom stereocenters. The molecule has 1 aliphatic rings. The van der Waals surface area contributed by atoms with E-state index in [1.54, 1.807) is 43.3 Å². The molecular formula is C24H27ClN4O4. The number of nitrogens with zero attached hydrogens (tertiary/aromatic N) is 1. The molecule has 1 heterocycles. The van der Waals surface area contributed by atoms with Crippen molar-refractivity contribution in [1.29, 1.82) is 0 Å². The largest absolute Gasteiger partial charge is 0.466 e. The predicted octanol–water partition coefficient (Wildman–Crippen LogP) is 5.22. The number of amides is 4. The van der Waals surface area contributed by atoms with E-state index in [1.165, 1.54) is 12.0 Å². The summed E-state index contributed by atoms with van der Waals surface area (Å²) in [6.07, 6.45) is 0.741. The number of carbonyl (C=O) groups excluding carboxylic acids is 3. The second-order valence-corrected chi connectivity index (χ2v) is 8.10. The molecule has 0 spiro atoms. The maximum absolute atomic E-state index is 12.7. The molecule has 0 saturated heterocycles. The van der Waals surface area contributed by atoms with E-state index in [0.29, 0.717) is 39.8 Å². The lowest BCUT2D eigenvalue weighted by atomic mass is 9.94. The highest BCUT2D eigenvalue weighted by Crippen LogP contribution is 2.32. The Bertz CT molecular complexity index is 1120. The summed E-state index contributed by atoms with van der Waals surface area (Å²) in [6, 6.07) is 10.7. The predicted molar refractivity (Wildman–Crippen MR) is 128 cm³/mol. The van der Waals surface area contributed by atoms with Crippen molar-refractivity contribution in [3.05, 3.63) is 69.9 Å². The third kappa shape index (κ3) is 5.46. The fraction of sp³-hybridized carbons (Fsp3) is 0.292. The van der Waals surface area contributed by atoms with Crippen LogP contribution in [0, 0.1) is 6.92 Å². The summed E-state index contributed by atoms with van der Waals surface area (Å²) < 4.78 is 4.99. The Hall–Kier alpha value is -3.52. The minimum atomic E-state index is -0.709. The number of ether oxygens (including phenoxy) is 1. The van der Waals surface area contributed by atoms with E-state index in [4.69, 9.17) is 16.3 Å². The molecule has 0 saturated carbocycles. The first-order chi connectivity index (χ1) is 15.7. The number of halogens is 1. The molecule has 0 unspecified atom stereocenters. The lowest BCUT2D eigenvalue weighted by Crippen LogP contribution is -2.48. The van der Waals surface area contributed by atoms with Gasteiger partial charge in [-0.25, -0.2) is 14.4 Å². The third-order valence-corrected chi connectivity index (χ3v) is 5.76. The summed E-state index contributed by atoms with van der Waals surface area (Å²) in [7, 11) is 1.31. The van der Waals surface area contributed by atoms with Gasteiger partial charge in [-0.1, -0.05) is 36.7 Å². The van der Waals surface area contributed by atoms with E-state index < -0.39 is 18.0 Å². The molecule has 0 fully saturated rings. The van der Waals surface area contributed by atoms with Crippen LogP contribution in [0.3, 0.4) is 0 Å². The number of rotatable bonds is 6. The Morgan fingerprint density at radius 3 is 2.45 bits per heavy atom. The van der Waals surface area contributed by atoms with Gasteiger partial charge in [0.2, 0.25) is 0 Å². The van der Waals surface area contributed by atoms with Crippen LogP contribution in [0.1, 0.15) is 37.4 Å². The van der Waals surface area contributed by atoms with Crippen LogP contribution in [0.2, 0.25) is 5.02 Å². The highest BCUT2D eigenvalue weighted by Gasteiger charge is 2.36. The Labute approximate surface area is 197 Å². The second kappa shape index (κ2) is 10.4. The maximum atomic E-state index is 12.7. The van der Waals surface area contributed by atoms with Gasteiger partial charge in [-0.3, -0.25) is 4.90 Å². The minimum absolute atomic E-state index is 0.292. The van der Waals surface area contributed by atoms with Crippen molar-refractivity contribution in [1.82, 2.24) is 10.2 Å². The molecule has 0 radical (unpaired) electrons. The number of carbonyl (C=O) groups is 3. The van der Waals surface area contributed by atoms with Crippen LogP contribution in [0.5, 0.6) is 0 Å². The van der Waals surface area contributed by atoms with Crippen LogP contribution in [-0.4, -0.2) is 36.6 Å². The van der Waals surface area contributed by atoms with E-state index in [9.17, 15) is 14.4 Å². The number of benzene rings is 2. The Kier molecular flexibility index (Phi) is 7.60. The van der Waals surface area contributed by atoms with Crippen molar-refractivity contribution in [2.75, 3.05) is 24.3 Å². The standard InChI is InChI=1S/C24H27ClN4O4/c1-5-11-29-15(3)20(22(30)33-4)21(28-24(29)32)16-7-6-8-17(12-16)26-23(31)27-18-10-9-14(2)19(25)13-18/h6-10,12-13,21H,5,11H2,1-4H3,(H,28,32)(H2,26,27,31)/t21-/m1/s1. The average Bonchev–Trinajstić information content (AvgIpc) is 2.78. The molecule has 3 rings (SSSR count). The van der Waals surface area contributed by atoms with Crippen molar-refractivity contribution < 1.29 is 19.1 Å². The maximum Gasteiger partial charge on any atom is 0.337 e. The summed E-state index contributed by atoms with van der Waals surface area (Å²) in [5.41, 5.74) is 3.49. The Morgan fingerprint density at radius 2 is 1.82 bits per heavy atom. The summed E-state index contributed by atoms with van der Waals surface area (Å²) >= 11 is 6.12. The van der Waals surface area contributed by atoms with Gasteiger partial charge in [-0.15, -0.1) is 0 Å². The lowest BCUT2D eigenvalue weighted by Gasteiger charge is -2.35. The van der Waals surface area contributed by atoms with Gasteiger partial charge in [-0.2, -0.15) is 0 Å². The van der Waals surface area contributed by atoms with Gasteiger partial charge in [0.15, 0.2) is 0 Å². The summed E-state index contributed by atoms with van der Waals surface area (Å²) in [5, 5.41) is 8.93. The van der Waals surface area contributed by atoms with Gasteiger partial charge in [0.1, 0.15) is 0 Å². The molecule has 2 aromatic carbocycles. The molecule has 0 aliphatic carbocycles. The number of hydrogen-bond acceptors (Lipinski definition) is 4. The summed E-state index contributed by atoms with van der Waals surface area (Å²) in [5.74, 6) is -0.522. The summed E-state index contributed by atoms with van der Waals surface area (Å²) in [4.78, 5) is 39.3. The number of methoxy groups -OCH3 is 1. The van der Waals surface area contributed by atoms with Gasteiger partial charge in [0.05, 0.1) is 18.7 Å². The van der Waals surface area contributed by atoms with Crippen LogP contribution in [-0.2, 0) is 9.53 Å². The molecule has 4 amide bonds. The van der Waals surface area contributed by atoms with Crippen molar-refractivity contribution in [2.45, 2.75) is 33.2 Å². The Morgan fingerprint density at radius 1 is 1.12 bits per heavy atom. The topological polar surface area (TPSA) is 99.8 Å². The molecule has 1 aliphatic heterocycles. The zero-order valence-corrected chi connectivity index (χ0v) is 19.7. The highest BCUT2D eigenvalue weighted by atomic mass is 35.5. The molecule has 174 valence electrons. The molecule has 2 aromatic rings. The number of esters is 1. The van der Waals surface area contributed by atoms with Crippen LogP contribution in [0.15, 0.2) is 53.7 Å². The highest BCUT2D eigenvalue weighted by molar-refractivity contribution is 6.31. The normalized spacial score (nSPS) is 15.7. The van der Waals surface area contributed by atoms with Crippen molar-refractivity contribution in [2.24, 2.45) is 0 Å². The van der Waals surface area contributed by atoms with E-state index in [-0.39, 0.29) is 6.03 Å². The molecular weight excluding hydrogens is 444 g/mol. The first kappa shape index (κ1) is 24.1. The minimum Gasteiger partial charge on any atom is -0.466 e. The van der Waals surface area contributed by atoms with Gasteiger partial charge >= 0.3 is 18.0 Å². The fourth-order valence-electron chi connectivity index (χ4n) is 3.66. The first-order valence-electron chi connectivity index (χ1n) is 10.6. The summed E-state index contributed by atoms with van der Waals surface area (Å²) in [6.45, 7) is 6.04. The zero-order valence-electron chi connectivity index (χ0n) is 19.0. The fourth-order valence-corrected chi connectivity index (χ4v) is 3.84. The monoisotopic (exact) mass is 470 g/mol. The van der Waals surface area contributed by atoms with E-state index in [2.05, 4.69) is 16.0 Å². The number of anilines is 2. The SMILES string of the molecule is CCCN1C(=O)N[C@H](c2cccc(NC(=O)Nc3ccc(C)c(Cl)c3)c2)C(C(=O)OC)=C1C. The molecule has 0 aromatic heterocycles. The molecule has 3 N–H and O–H groups in total.